The predicted molar refractivity (Wildman–Crippen MR) is 164 cm³/mol. The van der Waals surface area contributed by atoms with Gasteiger partial charge in [0.2, 0.25) is 11.6 Å². The average molecular weight is 773 g/mol. The number of rotatable bonds is 6. The Bertz CT molecular complexity index is 1350. The molecule has 11 nitrogen and oxygen atoms in total. The van der Waals surface area contributed by atoms with Gasteiger partial charge >= 0.3 is 12.4 Å². The highest BCUT2D eigenvalue weighted by Crippen LogP contribution is 2.66. The Labute approximate surface area is 304 Å². The van der Waals surface area contributed by atoms with E-state index in [9.17, 15) is 0 Å². The molecule has 2 aliphatic carbocycles. The number of hydrogen-bond acceptors (Lipinski definition) is 11. The fraction of sp³-hybridized carbons (Fsp3) is 1.00. The minimum atomic E-state index is -5.01. The summed E-state index contributed by atoms with van der Waals surface area (Å²) in [4.78, 5) is 23.5. The fourth-order valence-corrected chi connectivity index (χ4v) is 11.9. The summed E-state index contributed by atoms with van der Waals surface area (Å²) in [6.45, 7) is 8.97. The minimum Gasteiger partial charge on any atom is -0.365 e. The van der Waals surface area contributed by atoms with E-state index in [4.69, 9.17) is 52.7 Å². The first kappa shape index (κ1) is 37.7. The molecule has 11 fully saturated rings. The van der Waals surface area contributed by atoms with Crippen LogP contribution in [0.5, 0.6) is 0 Å². The van der Waals surface area contributed by atoms with Crippen LogP contribution < -0.4 is 0 Å². The van der Waals surface area contributed by atoms with Crippen molar-refractivity contribution in [3.05, 3.63) is 0 Å². The highest BCUT2D eigenvalue weighted by molar-refractivity contribution is 5.14. The molecule has 0 N–H and O–H groups in total. The maximum Gasteiger partial charge on any atom is 0.443 e. The summed E-state index contributed by atoms with van der Waals surface area (Å²) >= 11 is 0. The molecule has 2 spiro atoms. The van der Waals surface area contributed by atoms with Crippen LogP contribution in [0.15, 0.2) is 0 Å². The Hall–Kier alpha value is -0.860. The van der Waals surface area contributed by atoms with Crippen molar-refractivity contribution in [1.29, 1.82) is 0 Å². The van der Waals surface area contributed by atoms with E-state index < -0.39 is 108 Å². The maximum absolute atomic E-state index is 15.3. The molecule has 53 heavy (non-hydrogen) atoms. The number of hydrogen-bond donors (Lipinski definition) is 0. The molecule has 9 saturated heterocycles. The van der Waals surface area contributed by atoms with Crippen molar-refractivity contribution in [3.63, 3.8) is 0 Å². The second kappa shape index (κ2) is 11.9. The molecule has 302 valence electrons. The van der Waals surface area contributed by atoms with Crippen LogP contribution in [0.25, 0.3) is 0 Å². The smallest absolute Gasteiger partial charge is 0.365 e. The summed E-state index contributed by atoms with van der Waals surface area (Å²) in [5.41, 5.74) is -2.52. The van der Waals surface area contributed by atoms with Gasteiger partial charge in [-0.1, -0.05) is 27.7 Å². The van der Waals surface area contributed by atoms with Crippen molar-refractivity contribution in [2.24, 2.45) is 47.3 Å². The second-order valence-corrected chi connectivity index (χ2v) is 17.8. The first-order valence-electron chi connectivity index (χ1n) is 19.3. The van der Waals surface area contributed by atoms with E-state index in [1.54, 1.807) is 13.8 Å². The van der Waals surface area contributed by atoms with Crippen molar-refractivity contribution in [2.45, 2.75) is 164 Å². The molecule has 0 aromatic carbocycles. The Morgan fingerprint density at radius 2 is 0.925 bits per heavy atom. The molecule has 18 atom stereocenters. The quantitative estimate of drug-likeness (QED) is 0.157. The molecule has 0 amide bonds. The molecular weight excluding hydrogens is 722 g/mol. The molecule has 2 saturated carbocycles. The molecular formula is C36H50F6O11. The summed E-state index contributed by atoms with van der Waals surface area (Å²) < 4.78 is 133. The number of fused-ring (bicyclic) bond motifs is 4. The summed E-state index contributed by atoms with van der Waals surface area (Å²) in [5.74, 6) is -12.8. The highest BCUT2D eigenvalue weighted by Gasteiger charge is 2.79. The number of alkyl halides is 6. The van der Waals surface area contributed by atoms with Gasteiger partial charge in [0.15, 0.2) is 23.8 Å². The molecule has 0 radical (unpaired) electrons. The summed E-state index contributed by atoms with van der Waals surface area (Å²) in [6.07, 6.45) is -10.6. The summed E-state index contributed by atoms with van der Waals surface area (Å²) in [6, 6.07) is 0. The van der Waals surface area contributed by atoms with Gasteiger partial charge in [0.25, 0.3) is 11.6 Å². The number of ether oxygens (including phenoxy) is 7. The zero-order chi connectivity index (χ0) is 37.8. The van der Waals surface area contributed by atoms with Gasteiger partial charge in [0.1, 0.15) is 12.2 Å². The third-order valence-corrected chi connectivity index (χ3v) is 14.9. The summed E-state index contributed by atoms with van der Waals surface area (Å²) in [5, 5.41) is 0. The average Bonchev–Trinajstić information content (AvgIpc) is 3.90. The predicted octanol–water partition coefficient (Wildman–Crippen LogP) is 7.07. The Morgan fingerprint density at radius 3 is 1.30 bits per heavy atom. The molecule has 0 aromatic heterocycles. The van der Waals surface area contributed by atoms with Crippen LogP contribution in [-0.2, 0) is 52.7 Å². The Kier molecular flexibility index (Phi) is 8.43. The van der Waals surface area contributed by atoms with E-state index in [1.807, 2.05) is 0 Å². The molecule has 11 rings (SSSR count). The number of halogens is 6. The zero-order valence-corrected chi connectivity index (χ0v) is 30.8. The highest BCUT2D eigenvalue weighted by atomic mass is 19.4. The topological polar surface area (TPSA) is 105 Å². The monoisotopic (exact) mass is 772 g/mol. The normalized spacial score (nSPS) is 57.3. The van der Waals surface area contributed by atoms with Crippen LogP contribution in [0.3, 0.4) is 0 Å². The summed E-state index contributed by atoms with van der Waals surface area (Å²) in [7, 11) is 0. The van der Waals surface area contributed by atoms with Gasteiger partial charge in [0.05, 0.1) is 13.2 Å². The molecule has 11 aliphatic rings. The maximum atomic E-state index is 15.3. The van der Waals surface area contributed by atoms with Crippen molar-refractivity contribution < 1.29 is 79.1 Å². The van der Waals surface area contributed by atoms with Gasteiger partial charge in [-0.3, -0.25) is 0 Å². The molecule has 17 heteroatoms. The van der Waals surface area contributed by atoms with Gasteiger partial charge in [-0.25, -0.2) is 19.6 Å². The van der Waals surface area contributed by atoms with E-state index in [0.717, 1.165) is 0 Å². The fourth-order valence-electron chi connectivity index (χ4n) is 11.9. The first-order valence-corrected chi connectivity index (χ1v) is 19.3. The van der Waals surface area contributed by atoms with Gasteiger partial charge in [0, 0.05) is 36.5 Å². The lowest BCUT2D eigenvalue weighted by Gasteiger charge is -2.63. The molecule has 9 heterocycles. The minimum absolute atomic E-state index is 0.134. The van der Waals surface area contributed by atoms with Crippen molar-refractivity contribution in [1.82, 2.24) is 0 Å². The third kappa shape index (κ3) is 5.13. The van der Waals surface area contributed by atoms with E-state index in [1.165, 1.54) is 13.8 Å². The zero-order valence-electron chi connectivity index (χ0n) is 30.8. The third-order valence-electron chi connectivity index (χ3n) is 14.9. The molecule has 0 unspecified atom stereocenters. The van der Waals surface area contributed by atoms with Crippen LogP contribution in [0.2, 0.25) is 0 Å². The molecule has 0 aromatic rings. The van der Waals surface area contributed by atoms with Gasteiger partial charge < -0.3 is 33.2 Å². The van der Waals surface area contributed by atoms with Crippen LogP contribution in [0.1, 0.15) is 92.9 Å². The van der Waals surface area contributed by atoms with Crippen LogP contribution in [0, 0.1) is 47.3 Å². The van der Waals surface area contributed by atoms with Gasteiger partial charge in [-0.05, 0) is 76.0 Å². The number of epoxide rings is 1. The Balaban J connectivity index is 0.934. The standard InChI is InChI=1S/C36H50F6O11/c1-17-7-9-23-19(3)33(35(37,38)39,48-27-31(23)21(17)11-13-29(5,46-27)50-52-31)43-15-25-26(45-25)16-44-34(36(40,41)42)20(4)24-10-8-18(2)22-12-14-30(6)47-28(49-34)32(22,24)53-51-30/h17-28H,7-16H2,1-6H3/t17-,18-,19-,20-,21+,22+,23+,24+,25-,26-,27+,28+,29+,30+,31-,32-,33-,34-/m1/s1. The lowest BCUT2D eigenvalue weighted by molar-refractivity contribution is -0.599. The Morgan fingerprint density at radius 1 is 0.528 bits per heavy atom. The van der Waals surface area contributed by atoms with Crippen LogP contribution >= 0.6 is 0 Å². The van der Waals surface area contributed by atoms with Crippen LogP contribution in [-0.4, -0.2) is 84.7 Å². The van der Waals surface area contributed by atoms with E-state index in [2.05, 4.69) is 13.8 Å². The molecule has 9 aliphatic heterocycles. The van der Waals surface area contributed by atoms with E-state index in [-0.39, 0.29) is 23.7 Å². The van der Waals surface area contributed by atoms with E-state index >= 15 is 26.3 Å². The second-order valence-electron chi connectivity index (χ2n) is 17.8. The largest absolute Gasteiger partial charge is 0.443 e. The van der Waals surface area contributed by atoms with E-state index in [0.29, 0.717) is 51.4 Å². The first-order chi connectivity index (χ1) is 24.7. The lowest BCUT2D eigenvalue weighted by Crippen LogP contribution is -2.76. The van der Waals surface area contributed by atoms with Gasteiger partial charge in [-0.2, -0.15) is 26.3 Å². The lowest BCUT2D eigenvalue weighted by atomic mass is 9.57. The van der Waals surface area contributed by atoms with Crippen molar-refractivity contribution in [3.8, 4) is 0 Å². The van der Waals surface area contributed by atoms with Crippen LogP contribution in [0.4, 0.5) is 26.3 Å². The van der Waals surface area contributed by atoms with Gasteiger partial charge in [-0.15, -0.1) is 0 Å². The van der Waals surface area contributed by atoms with Crippen molar-refractivity contribution in [2.75, 3.05) is 13.2 Å². The molecule has 4 bridgehead atoms. The van der Waals surface area contributed by atoms with Crippen molar-refractivity contribution >= 4 is 0 Å². The SMILES string of the molecule is C[C@@H]1CC[C@H]2[C@@H](C)[C@](OC[C@H]3O[C@@H]3CO[C@@]3(C(F)(F)F)O[C@@H]4O[C@]5(C)CC[C@H]6[C@H](C)CC[C@@H]([C@H]3C)[C@@]46OO5)(C(F)(F)F)O[C@@H]3O[C@]4(C)CC[C@@H]1[C@]32OO4.